The Bertz CT molecular complexity index is 1360. The van der Waals surface area contributed by atoms with Crippen molar-refractivity contribution in [2.45, 2.75) is 64.6 Å². The first-order chi connectivity index (χ1) is 17.9. The van der Waals surface area contributed by atoms with Gasteiger partial charge in [-0.15, -0.1) is 0 Å². The van der Waals surface area contributed by atoms with Crippen molar-refractivity contribution >= 4 is 16.7 Å². The van der Waals surface area contributed by atoms with E-state index in [2.05, 4.69) is 65.9 Å². The van der Waals surface area contributed by atoms with E-state index in [1.807, 2.05) is 6.07 Å². The van der Waals surface area contributed by atoms with Crippen molar-refractivity contribution in [2.75, 3.05) is 24.6 Å². The molecule has 1 aliphatic carbocycles. The van der Waals surface area contributed by atoms with Gasteiger partial charge in [-0.3, -0.25) is 9.69 Å². The zero-order chi connectivity index (χ0) is 26.1. The first kappa shape index (κ1) is 25.3. The van der Waals surface area contributed by atoms with E-state index in [-0.39, 0.29) is 11.6 Å². The summed E-state index contributed by atoms with van der Waals surface area (Å²) in [6.07, 6.45) is 4.61. The largest absolute Gasteiger partial charge is 0.493 e. The van der Waals surface area contributed by atoms with Crippen LogP contribution in [0.1, 0.15) is 63.8 Å². The fourth-order valence-electron chi connectivity index (χ4n) is 5.69. The Kier molecular flexibility index (Phi) is 7.21. The Hall–Kier alpha value is -3.37. The third-order valence-electron chi connectivity index (χ3n) is 8.08. The van der Waals surface area contributed by atoms with E-state index in [1.165, 1.54) is 18.4 Å². The van der Waals surface area contributed by atoms with Crippen LogP contribution in [0.25, 0.3) is 11.0 Å². The van der Waals surface area contributed by atoms with Crippen LogP contribution in [0.15, 0.2) is 47.3 Å². The summed E-state index contributed by atoms with van der Waals surface area (Å²) in [4.78, 5) is 22.4. The molecule has 0 amide bonds. The van der Waals surface area contributed by atoms with Gasteiger partial charge in [0.2, 0.25) is 0 Å². The topological polar surface area (TPSA) is 74.4 Å². The number of hydrogen-bond acceptors (Lipinski definition) is 6. The summed E-state index contributed by atoms with van der Waals surface area (Å²) in [5.41, 5.74) is 3.91. The Balaban J connectivity index is 1.42. The molecule has 2 aliphatic rings. The zero-order valence-corrected chi connectivity index (χ0v) is 22.4. The van der Waals surface area contributed by atoms with Gasteiger partial charge in [0.15, 0.2) is 0 Å². The van der Waals surface area contributed by atoms with Crippen LogP contribution in [0.2, 0.25) is 0 Å². The maximum Gasteiger partial charge on any atom is 0.252 e. The Morgan fingerprint density at radius 3 is 2.54 bits per heavy atom. The number of nitrogens with zero attached hydrogens (tertiary/aromatic N) is 5. The number of anilines is 1. The van der Waals surface area contributed by atoms with E-state index in [1.54, 1.807) is 23.7 Å². The van der Waals surface area contributed by atoms with Gasteiger partial charge in [-0.25, -0.2) is 4.98 Å². The highest BCUT2D eigenvalue weighted by Crippen LogP contribution is 2.35. The molecule has 7 nitrogen and oxygen atoms in total. The van der Waals surface area contributed by atoms with Crippen LogP contribution in [0.5, 0.6) is 5.75 Å². The summed E-state index contributed by atoms with van der Waals surface area (Å²) in [6.45, 7) is 9.23. The second kappa shape index (κ2) is 10.5. The average Bonchev–Trinajstić information content (AvgIpc) is 3.75. The summed E-state index contributed by atoms with van der Waals surface area (Å²) < 4.78 is 7.57. The summed E-state index contributed by atoms with van der Waals surface area (Å²) in [5, 5.41) is 9.45. The molecule has 0 radical (unpaired) electrons. The highest BCUT2D eigenvalue weighted by Gasteiger charge is 2.36. The van der Waals surface area contributed by atoms with Gasteiger partial charge >= 0.3 is 0 Å². The lowest BCUT2D eigenvalue weighted by Gasteiger charge is -2.49. The molecule has 2 aromatic heterocycles. The van der Waals surface area contributed by atoms with Gasteiger partial charge in [-0.2, -0.15) is 5.26 Å². The zero-order valence-electron chi connectivity index (χ0n) is 22.4. The number of nitriles is 1. The summed E-state index contributed by atoms with van der Waals surface area (Å²) >= 11 is 0. The molecule has 1 saturated carbocycles. The Labute approximate surface area is 219 Å². The average molecular weight is 500 g/mol. The van der Waals surface area contributed by atoms with Gasteiger partial charge in [0.05, 0.1) is 17.8 Å². The molecule has 0 bridgehead atoms. The normalized spacial score (nSPS) is 21.1. The SMILES string of the molecule is CCC(c1ccc(OCC2CC2)cc1)N1C[C@H](C)N(c2cc(=O)n(C)c3ccc(C#N)nc23)C[C@H]1CC. The van der Waals surface area contributed by atoms with E-state index < -0.39 is 0 Å². The molecule has 1 aromatic carbocycles. The number of pyridine rings is 2. The van der Waals surface area contributed by atoms with E-state index in [0.717, 1.165) is 55.4 Å². The number of rotatable bonds is 8. The van der Waals surface area contributed by atoms with Crippen molar-refractivity contribution in [3.63, 3.8) is 0 Å². The van der Waals surface area contributed by atoms with E-state index >= 15 is 0 Å². The van der Waals surface area contributed by atoms with Crippen LogP contribution >= 0.6 is 0 Å². The molecule has 3 atom stereocenters. The fraction of sp³-hybridized carbons (Fsp3) is 0.500. The number of benzene rings is 1. The van der Waals surface area contributed by atoms with Crippen LogP contribution in [0.4, 0.5) is 5.69 Å². The van der Waals surface area contributed by atoms with Gasteiger partial charge in [0, 0.05) is 44.3 Å². The Morgan fingerprint density at radius 2 is 1.89 bits per heavy atom. The molecule has 1 unspecified atom stereocenters. The van der Waals surface area contributed by atoms with Gasteiger partial charge < -0.3 is 14.2 Å². The molecule has 1 aliphatic heterocycles. The number of ether oxygens (including phenoxy) is 1. The van der Waals surface area contributed by atoms with Gasteiger partial charge in [0.1, 0.15) is 23.0 Å². The molecule has 7 heteroatoms. The lowest BCUT2D eigenvalue weighted by Crippen LogP contribution is -2.58. The molecule has 1 saturated heterocycles. The third-order valence-corrected chi connectivity index (χ3v) is 8.08. The van der Waals surface area contributed by atoms with Crippen LogP contribution in [0.3, 0.4) is 0 Å². The molecule has 0 N–H and O–H groups in total. The second-order valence-electron chi connectivity index (χ2n) is 10.6. The predicted molar refractivity (Wildman–Crippen MR) is 147 cm³/mol. The predicted octanol–water partition coefficient (Wildman–Crippen LogP) is 5.03. The molecule has 3 heterocycles. The minimum atomic E-state index is -0.0629. The van der Waals surface area contributed by atoms with Crippen molar-refractivity contribution in [3.8, 4) is 11.8 Å². The third kappa shape index (κ3) is 5.08. The highest BCUT2D eigenvalue weighted by molar-refractivity contribution is 5.89. The van der Waals surface area contributed by atoms with Crippen molar-refractivity contribution < 1.29 is 4.74 Å². The molecule has 0 spiro atoms. The van der Waals surface area contributed by atoms with E-state index in [0.29, 0.717) is 23.3 Å². The van der Waals surface area contributed by atoms with Crippen LogP contribution < -0.4 is 15.2 Å². The van der Waals surface area contributed by atoms with E-state index in [9.17, 15) is 10.1 Å². The first-order valence-electron chi connectivity index (χ1n) is 13.6. The quantitative estimate of drug-likeness (QED) is 0.433. The minimum absolute atomic E-state index is 0.0629. The van der Waals surface area contributed by atoms with Gasteiger partial charge in [0.25, 0.3) is 5.56 Å². The van der Waals surface area contributed by atoms with E-state index in [4.69, 9.17) is 4.74 Å². The smallest absolute Gasteiger partial charge is 0.252 e. The van der Waals surface area contributed by atoms with Crippen molar-refractivity contribution in [1.29, 1.82) is 5.26 Å². The lowest BCUT2D eigenvalue weighted by molar-refractivity contribution is 0.0943. The minimum Gasteiger partial charge on any atom is -0.493 e. The monoisotopic (exact) mass is 499 g/mol. The fourth-order valence-corrected chi connectivity index (χ4v) is 5.69. The van der Waals surface area contributed by atoms with Crippen molar-refractivity contribution in [3.05, 3.63) is 64.1 Å². The summed E-state index contributed by atoms with van der Waals surface area (Å²) in [5.74, 6) is 1.70. The number of piperazine rings is 1. The standard InChI is InChI=1S/C30H37N5O2/c1-5-24-18-34(28-15-29(36)33(4)27-14-11-23(16-31)32-30(27)28)20(3)17-35(24)26(6-2)22-9-12-25(13-10-22)37-19-21-7-8-21/h9-15,20-21,24,26H,5-8,17-19H2,1-4H3/t20-,24+,26?/m0/s1. The number of aryl methyl sites for hydroxylation is 1. The second-order valence-corrected chi connectivity index (χ2v) is 10.6. The lowest BCUT2D eigenvalue weighted by atomic mass is 9.95. The van der Waals surface area contributed by atoms with Gasteiger partial charge in [-0.05, 0) is 68.4 Å². The van der Waals surface area contributed by atoms with Crippen molar-refractivity contribution in [2.24, 2.45) is 13.0 Å². The van der Waals surface area contributed by atoms with Crippen LogP contribution in [0, 0.1) is 17.2 Å². The number of fused-ring (bicyclic) bond motifs is 1. The maximum atomic E-state index is 12.9. The van der Waals surface area contributed by atoms with Crippen LogP contribution in [-0.4, -0.2) is 46.2 Å². The number of hydrogen-bond donors (Lipinski definition) is 0. The Morgan fingerprint density at radius 1 is 1.14 bits per heavy atom. The first-order valence-corrected chi connectivity index (χ1v) is 13.6. The molecular weight excluding hydrogens is 462 g/mol. The summed E-state index contributed by atoms with van der Waals surface area (Å²) in [7, 11) is 1.76. The molecule has 194 valence electrons. The van der Waals surface area contributed by atoms with Gasteiger partial charge in [-0.1, -0.05) is 26.0 Å². The molecule has 2 fully saturated rings. The number of aromatic nitrogens is 2. The summed E-state index contributed by atoms with van der Waals surface area (Å²) in [6, 6.07) is 16.8. The van der Waals surface area contributed by atoms with Crippen molar-refractivity contribution in [1.82, 2.24) is 14.5 Å². The molecule has 5 rings (SSSR count). The van der Waals surface area contributed by atoms with Crippen LogP contribution in [-0.2, 0) is 7.05 Å². The molecular formula is C30H37N5O2. The molecule has 3 aromatic rings. The highest BCUT2D eigenvalue weighted by atomic mass is 16.5. The maximum absolute atomic E-state index is 12.9. The molecule has 37 heavy (non-hydrogen) atoms.